The van der Waals surface area contributed by atoms with E-state index in [0.29, 0.717) is 0 Å². The van der Waals surface area contributed by atoms with Crippen molar-refractivity contribution in [2.45, 2.75) is 6.92 Å². The molecule has 3 rings (SSSR count). The summed E-state index contributed by atoms with van der Waals surface area (Å²) in [6.45, 7) is 1.78. The average molecular weight is 320 g/mol. The maximum Gasteiger partial charge on any atom is 0.361 e. The van der Waals surface area contributed by atoms with Gasteiger partial charge < -0.3 is 14.6 Å². The van der Waals surface area contributed by atoms with Crippen LogP contribution in [0.2, 0.25) is 0 Å². The van der Waals surface area contributed by atoms with Crippen molar-refractivity contribution in [1.29, 1.82) is 0 Å². The molecule has 0 spiro atoms. The molecule has 0 saturated heterocycles. The first kappa shape index (κ1) is 14.8. The van der Waals surface area contributed by atoms with Crippen LogP contribution in [0.25, 0.3) is 11.1 Å². The Balaban J connectivity index is 2.08. The monoisotopic (exact) mass is 320 g/mol. The molecule has 0 aliphatic carbocycles. The van der Waals surface area contributed by atoms with Gasteiger partial charge in [0.2, 0.25) is 5.69 Å². The lowest BCUT2D eigenvalue weighted by Gasteiger charge is -2.07. The van der Waals surface area contributed by atoms with Gasteiger partial charge in [-0.2, -0.15) is 4.98 Å². The summed E-state index contributed by atoms with van der Waals surface area (Å²) < 4.78 is 36.8. The topological polar surface area (TPSA) is 90.1 Å². The molecule has 0 radical (unpaired) electrons. The van der Waals surface area contributed by atoms with Gasteiger partial charge in [-0.1, -0.05) is 5.16 Å². The molecule has 0 unspecified atom stereocenters. The summed E-state index contributed by atoms with van der Waals surface area (Å²) in [6, 6.07) is 2.91. The molecular formula is C14H10F2N4O3. The highest BCUT2D eigenvalue weighted by Gasteiger charge is 2.22. The minimum Gasteiger partial charge on any atom is -0.461 e. The molecule has 7 nitrogen and oxygen atoms in total. The summed E-state index contributed by atoms with van der Waals surface area (Å²) >= 11 is 0. The normalized spacial score (nSPS) is 10.7. The number of ether oxygens (including phenoxy) is 1. The first-order valence-electron chi connectivity index (χ1n) is 6.59. The van der Waals surface area contributed by atoms with Gasteiger partial charge in [0.25, 0.3) is 5.71 Å². The molecule has 0 fully saturated rings. The highest BCUT2D eigenvalue weighted by Crippen LogP contribution is 2.28. The van der Waals surface area contributed by atoms with Gasteiger partial charge in [-0.25, -0.2) is 18.6 Å². The Morgan fingerprint density at radius 2 is 2.17 bits per heavy atom. The molecular weight excluding hydrogens is 310 g/mol. The van der Waals surface area contributed by atoms with Gasteiger partial charge >= 0.3 is 5.97 Å². The molecule has 3 aromatic rings. The summed E-state index contributed by atoms with van der Waals surface area (Å²) in [7, 11) is 0. The van der Waals surface area contributed by atoms with E-state index in [-0.39, 0.29) is 34.9 Å². The van der Waals surface area contributed by atoms with E-state index in [1.807, 2.05) is 0 Å². The van der Waals surface area contributed by atoms with E-state index in [9.17, 15) is 13.6 Å². The molecule has 0 saturated carbocycles. The van der Waals surface area contributed by atoms with Crippen LogP contribution in [0.1, 0.15) is 17.4 Å². The van der Waals surface area contributed by atoms with Gasteiger partial charge in [-0.05, 0) is 19.1 Å². The molecule has 23 heavy (non-hydrogen) atoms. The number of nitrogens with one attached hydrogen (secondary N) is 1. The summed E-state index contributed by atoms with van der Waals surface area (Å²) in [6.07, 6.45) is 1.14. The number of halogens is 2. The quantitative estimate of drug-likeness (QED) is 0.739. The Bertz CT molecular complexity index is 882. The summed E-state index contributed by atoms with van der Waals surface area (Å²) in [5, 5.41) is 6.32. The molecule has 9 heteroatoms. The second kappa shape index (κ2) is 5.95. The van der Waals surface area contributed by atoms with Gasteiger partial charge in [0.15, 0.2) is 0 Å². The van der Waals surface area contributed by atoms with Crippen molar-refractivity contribution in [3.63, 3.8) is 0 Å². The van der Waals surface area contributed by atoms with E-state index in [4.69, 9.17) is 9.26 Å². The SMILES string of the molecule is CCOC(=O)c1noc2ncnc(Nc3cc(F)ccc3F)c12. The minimum absolute atomic E-state index is 0.0161. The largest absolute Gasteiger partial charge is 0.461 e. The van der Waals surface area contributed by atoms with Gasteiger partial charge in [-0.3, -0.25) is 0 Å². The molecule has 1 N–H and O–H groups in total. The third-order valence-corrected chi connectivity index (χ3v) is 2.92. The standard InChI is InChI=1S/C14H10F2N4O3/c1-2-22-14(21)11-10-12(17-6-18-13(10)23-20-11)19-9-5-7(15)3-4-8(9)16/h3-6H,2H2,1H3,(H,17,18,19). The fourth-order valence-corrected chi connectivity index (χ4v) is 1.94. The number of fused-ring (bicyclic) bond motifs is 1. The van der Waals surface area contributed by atoms with E-state index in [0.717, 1.165) is 24.5 Å². The van der Waals surface area contributed by atoms with Crippen LogP contribution >= 0.6 is 0 Å². The number of esters is 1. The predicted molar refractivity (Wildman–Crippen MR) is 75.2 cm³/mol. The summed E-state index contributed by atoms with van der Waals surface area (Å²) in [4.78, 5) is 19.6. The van der Waals surface area contributed by atoms with Crippen molar-refractivity contribution in [2.75, 3.05) is 11.9 Å². The first-order valence-corrected chi connectivity index (χ1v) is 6.59. The van der Waals surface area contributed by atoms with E-state index in [2.05, 4.69) is 20.4 Å². The second-order valence-electron chi connectivity index (χ2n) is 4.40. The van der Waals surface area contributed by atoms with Gasteiger partial charge in [-0.15, -0.1) is 0 Å². The van der Waals surface area contributed by atoms with Crippen LogP contribution in [0.5, 0.6) is 0 Å². The fourth-order valence-electron chi connectivity index (χ4n) is 1.94. The molecule has 0 atom stereocenters. The Kier molecular flexibility index (Phi) is 3.83. The summed E-state index contributed by atoms with van der Waals surface area (Å²) in [5.41, 5.74) is -0.287. The van der Waals surface area contributed by atoms with Crippen LogP contribution in [0.3, 0.4) is 0 Å². The molecule has 0 aliphatic rings. The lowest BCUT2D eigenvalue weighted by atomic mass is 10.2. The Labute approximate surface area is 128 Å². The Morgan fingerprint density at radius 3 is 2.96 bits per heavy atom. The Hall–Kier alpha value is -3.10. The maximum absolute atomic E-state index is 13.8. The number of anilines is 2. The average Bonchev–Trinajstić information content (AvgIpc) is 2.96. The lowest BCUT2D eigenvalue weighted by Crippen LogP contribution is -2.07. The van der Waals surface area contributed by atoms with Crippen LogP contribution < -0.4 is 5.32 Å². The highest BCUT2D eigenvalue weighted by atomic mass is 19.1. The number of nitrogens with zero attached hydrogens (tertiary/aromatic N) is 3. The summed E-state index contributed by atoms with van der Waals surface area (Å²) in [5.74, 6) is -2.00. The number of carbonyl (C=O) groups is 1. The second-order valence-corrected chi connectivity index (χ2v) is 4.40. The number of carbonyl (C=O) groups excluding carboxylic acids is 1. The van der Waals surface area contributed by atoms with Crippen molar-refractivity contribution in [2.24, 2.45) is 0 Å². The van der Waals surface area contributed by atoms with E-state index in [1.54, 1.807) is 6.92 Å². The zero-order valence-corrected chi connectivity index (χ0v) is 11.8. The molecule has 2 aromatic heterocycles. The van der Waals surface area contributed by atoms with Crippen molar-refractivity contribution >= 4 is 28.6 Å². The van der Waals surface area contributed by atoms with Crippen LogP contribution in [0, 0.1) is 11.6 Å². The number of aromatic nitrogens is 3. The Morgan fingerprint density at radius 1 is 1.35 bits per heavy atom. The van der Waals surface area contributed by atoms with Crippen molar-refractivity contribution in [1.82, 2.24) is 15.1 Å². The molecule has 0 aliphatic heterocycles. The number of hydrogen-bond acceptors (Lipinski definition) is 7. The van der Waals surface area contributed by atoms with Gasteiger partial charge in [0, 0.05) is 6.07 Å². The molecule has 1 aromatic carbocycles. The van der Waals surface area contributed by atoms with Crippen LogP contribution in [0.15, 0.2) is 29.0 Å². The zero-order valence-electron chi connectivity index (χ0n) is 11.8. The first-order chi connectivity index (χ1) is 11.1. The predicted octanol–water partition coefficient (Wildman–Crippen LogP) is 2.82. The molecule has 2 heterocycles. The maximum atomic E-state index is 13.8. The van der Waals surface area contributed by atoms with E-state index in [1.165, 1.54) is 0 Å². The number of rotatable bonds is 4. The minimum atomic E-state index is -0.733. The van der Waals surface area contributed by atoms with Crippen molar-refractivity contribution in [3.8, 4) is 0 Å². The smallest absolute Gasteiger partial charge is 0.361 e. The number of benzene rings is 1. The van der Waals surface area contributed by atoms with Gasteiger partial charge in [0.05, 0.1) is 12.3 Å². The third kappa shape index (κ3) is 2.80. The zero-order chi connectivity index (χ0) is 16.4. The highest BCUT2D eigenvalue weighted by molar-refractivity contribution is 6.05. The molecule has 118 valence electrons. The third-order valence-electron chi connectivity index (χ3n) is 2.92. The van der Waals surface area contributed by atoms with Crippen LogP contribution in [0.4, 0.5) is 20.3 Å². The van der Waals surface area contributed by atoms with Gasteiger partial charge in [0.1, 0.15) is 29.2 Å². The molecule has 0 bridgehead atoms. The van der Waals surface area contributed by atoms with Crippen molar-refractivity contribution in [3.05, 3.63) is 41.9 Å². The van der Waals surface area contributed by atoms with E-state index >= 15 is 0 Å². The molecule has 0 amide bonds. The number of hydrogen-bond donors (Lipinski definition) is 1. The van der Waals surface area contributed by atoms with E-state index < -0.39 is 17.6 Å². The lowest BCUT2D eigenvalue weighted by molar-refractivity contribution is 0.0517. The van der Waals surface area contributed by atoms with Crippen LogP contribution in [-0.4, -0.2) is 27.7 Å². The van der Waals surface area contributed by atoms with Crippen LogP contribution in [-0.2, 0) is 4.74 Å². The fraction of sp³-hybridized carbons (Fsp3) is 0.143. The van der Waals surface area contributed by atoms with Crippen molar-refractivity contribution < 1.29 is 22.8 Å².